The van der Waals surface area contributed by atoms with Gasteiger partial charge in [-0.05, 0) is 43.2 Å². The molecule has 0 saturated heterocycles. The Bertz CT molecular complexity index is 655. The van der Waals surface area contributed by atoms with E-state index in [-0.39, 0.29) is 24.4 Å². The molecule has 1 heterocycles. The average molecular weight is 355 g/mol. The smallest absolute Gasteiger partial charge is 0.263 e. The number of halogens is 1. The molecule has 2 N–H and O–H groups in total. The standard InChI is InChI=1S/C17H22N2O2S.ClH/c1-11(10-18)19(3)17(20)16-9-15(12(2)22-16)13-5-7-14(21-4)8-6-13;/h5-9,11H,10,18H2,1-4H3;1H. The van der Waals surface area contributed by atoms with E-state index in [9.17, 15) is 4.79 Å². The van der Waals surface area contributed by atoms with Crippen molar-refractivity contribution in [2.45, 2.75) is 19.9 Å². The second kappa shape index (κ2) is 8.34. The lowest BCUT2D eigenvalue weighted by Gasteiger charge is -2.22. The molecule has 4 nitrogen and oxygen atoms in total. The maximum atomic E-state index is 12.5. The van der Waals surface area contributed by atoms with Crippen molar-refractivity contribution in [1.29, 1.82) is 0 Å². The summed E-state index contributed by atoms with van der Waals surface area (Å²) >= 11 is 1.52. The van der Waals surface area contributed by atoms with E-state index in [4.69, 9.17) is 10.5 Å². The highest BCUT2D eigenvalue weighted by atomic mass is 35.5. The Hall–Kier alpha value is -1.56. The summed E-state index contributed by atoms with van der Waals surface area (Å²) in [5, 5.41) is 0. The lowest BCUT2D eigenvalue weighted by Crippen LogP contribution is -2.39. The Morgan fingerprint density at radius 1 is 1.35 bits per heavy atom. The number of thiophene rings is 1. The van der Waals surface area contributed by atoms with Crippen LogP contribution in [0.2, 0.25) is 0 Å². The van der Waals surface area contributed by atoms with E-state index < -0.39 is 0 Å². The monoisotopic (exact) mass is 354 g/mol. The number of ether oxygens (including phenoxy) is 1. The van der Waals surface area contributed by atoms with E-state index in [0.717, 1.165) is 26.6 Å². The molecule has 126 valence electrons. The zero-order valence-corrected chi connectivity index (χ0v) is 15.5. The molecule has 1 atom stereocenters. The van der Waals surface area contributed by atoms with Crippen LogP contribution in [0.4, 0.5) is 0 Å². The van der Waals surface area contributed by atoms with E-state index in [0.29, 0.717) is 6.54 Å². The molecule has 0 bridgehead atoms. The predicted molar refractivity (Wildman–Crippen MR) is 98.9 cm³/mol. The number of benzene rings is 1. The number of likely N-dealkylation sites (N-methyl/N-ethyl adjacent to an activating group) is 1. The minimum atomic E-state index is 0. The van der Waals surface area contributed by atoms with Gasteiger partial charge in [-0.3, -0.25) is 4.79 Å². The zero-order chi connectivity index (χ0) is 16.3. The zero-order valence-electron chi connectivity index (χ0n) is 13.8. The Morgan fingerprint density at radius 2 is 1.96 bits per heavy atom. The number of aryl methyl sites for hydroxylation is 1. The van der Waals surface area contributed by atoms with Gasteiger partial charge in [-0.25, -0.2) is 0 Å². The summed E-state index contributed by atoms with van der Waals surface area (Å²) in [5.74, 6) is 0.843. The quantitative estimate of drug-likeness (QED) is 0.892. The van der Waals surface area contributed by atoms with Crippen LogP contribution in [0.1, 0.15) is 21.5 Å². The number of carbonyl (C=O) groups excluding carboxylic acids is 1. The van der Waals surface area contributed by atoms with E-state index in [2.05, 4.69) is 0 Å². The molecule has 0 aliphatic carbocycles. The highest BCUT2D eigenvalue weighted by Crippen LogP contribution is 2.32. The molecule has 1 unspecified atom stereocenters. The van der Waals surface area contributed by atoms with E-state index in [1.165, 1.54) is 11.3 Å². The molecular formula is C17H23ClN2O2S. The van der Waals surface area contributed by atoms with Crippen LogP contribution < -0.4 is 10.5 Å². The molecule has 0 aliphatic heterocycles. The molecular weight excluding hydrogens is 332 g/mol. The van der Waals surface area contributed by atoms with Crippen LogP contribution in [0, 0.1) is 6.92 Å². The fourth-order valence-corrected chi connectivity index (χ4v) is 3.20. The summed E-state index contributed by atoms with van der Waals surface area (Å²) in [7, 11) is 3.44. The van der Waals surface area contributed by atoms with Crippen LogP contribution in [0.15, 0.2) is 30.3 Å². The summed E-state index contributed by atoms with van der Waals surface area (Å²) in [5.41, 5.74) is 7.81. The van der Waals surface area contributed by atoms with Crippen LogP contribution in [0.3, 0.4) is 0 Å². The molecule has 0 saturated carbocycles. The summed E-state index contributed by atoms with van der Waals surface area (Å²) in [6.07, 6.45) is 0. The van der Waals surface area contributed by atoms with Gasteiger partial charge in [0.15, 0.2) is 0 Å². The fraction of sp³-hybridized carbons (Fsp3) is 0.353. The SMILES string of the molecule is COc1ccc(-c2cc(C(=O)N(C)C(C)CN)sc2C)cc1.Cl. The number of carbonyl (C=O) groups is 1. The summed E-state index contributed by atoms with van der Waals surface area (Å²) < 4.78 is 5.18. The van der Waals surface area contributed by atoms with Crippen LogP contribution in [-0.2, 0) is 0 Å². The summed E-state index contributed by atoms with van der Waals surface area (Å²) in [6.45, 7) is 4.44. The van der Waals surface area contributed by atoms with Gasteiger partial charge in [-0.1, -0.05) is 12.1 Å². The molecule has 1 aromatic heterocycles. The summed E-state index contributed by atoms with van der Waals surface area (Å²) in [4.78, 5) is 16.1. The number of amides is 1. The topological polar surface area (TPSA) is 55.6 Å². The van der Waals surface area contributed by atoms with Gasteiger partial charge in [0.25, 0.3) is 5.91 Å². The van der Waals surface area contributed by atoms with Crippen LogP contribution in [0.5, 0.6) is 5.75 Å². The Labute approximate surface area is 147 Å². The van der Waals surface area contributed by atoms with Crippen molar-refractivity contribution in [3.05, 3.63) is 40.1 Å². The molecule has 23 heavy (non-hydrogen) atoms. The minimum Gasteiger partial charge on any atom is -0.497 e. The van der Waals surface area contributed by atoms with Crippen LogP contribution in [-0.4, -0.2) is 37.6 Å². The molecule has 1 aromatic carbocycles. The number of nitrogens with two attached hydrogens (primary N) is 1. The Kier molecular flexibility index (Phi) is 7.06. The van der Waals surface area contributed by atoms with Crippen molar-refractivity contribution in [2.75, 3.05) is 20.7 Å². The second-order valence-electron chi connectivity index (χ2n) is 5.31. The number of rotatable bonds is 5. The third-order valence-corrected chi connectivity index (χ3v) is 4.89. The first-order valence-corrected chi connectivity index (χ1v) is 8.01. The lowest BCUT2D eigenvalue weighted by atomic mass is 10.1. The molecule has 0 fully saturated rings. The number of nitrogens with zero attached hydrogens (tertiary/aromatic N) is 1. The van der Waals surface area contributed by atoms with Gasteiger partial charge in [0.05, 0.1) is 12.0 Å². The maximum absolute atomic E-state index is 12.5. The van der Waals surface area contributed by atoms with Gasteiger partial charge in [-0.2, -0.15) is 0 Å². The van der Waals surface area contributed by atoms with E-state index in [1.807, 2.05) is 44.2 Å². The molecule has 6 heteroatoms. The lowest BCUT2D eigenvalue weighted by molar-refractivity contribution is 0.0753. The van der Waals surface area contributed by atoms with Gasteiger partial charge < -0.3 is 15.4 Å². The van der Waals surface area contributed by atoms with Crippen LogP contribution >= 0.6 is 23.7 Å². The highest BCUT2D eigenvalue weighted by molar-refractivity contribution is 7.14. The molecule has 2 aromatic rings. The first-order chi connectivity index (χ1) is 10.5. The third-order valence-electron chi connectivity index (χ3n) is 3.85. The van der Waals surface area contributed by atoms with Gasteiger partial charge >= 0.3 is 0 Å². The van der Waals surface area contributed by atoms with Gasteiger partial charge in [0, 0.05) is 24.5 Å². The van der Waals surface area contributed by atoms with Gasteiger partial charge in [0.1, 0.15) is 5.75 Å². The maximum Gasteiger partial charge on any atom is 0.263 e. The first kappa shape index (κ1) is 19.5. The molecule has 0 radical (unpaired) electrons. The number of hydrogen-bond donors (Lipinski definition) is 1. The van der Waals surface area contributed by atoms with E-state index >= 15 is 0 Å². The van der Waals surface area contributed by atoms with Crippen molar-refractivity contribution >= 4 is 29.7 Å². The van der Waals surface area contributed by atoms with Gasteiger partial charge in [-0.15, -0.1) is 23.7 Å². The van der Waals surface area contributed by atoms with Crippen molar-refractivity contribution in [3.8, 4) is 16.9 Å². The average Bonchev–Trinajstić information content (AvgIpc) is 2.94. The molecule has 2 rings (SSSR count). The Morgan fingerprint density at radius 3 is 2.48 bits per heavy atom. The number of hydrogen-bond acceptors (Lipinski definition) is 4. The van der Waals surface area contributed by atoms with Crippen molar-refractivity contribution in [2.24, 2.45) is 5.73 Å². The Balaban J connectivity index is 0.00000264. The normalized spacial score (nSPS) is 11.5. The number of methoxy groups -OCH3 is 1. The first-order valence-electron chi connectivity index (χ1n) is 7.20. The fourth-order valence-electron chi connectivity index (χ4n) is 2.18. The minimum absolute atomic E-state index is 0. The van der Waals surface area contributed by atoms with Crippen molar-refractivity contribution in [3.63, 3.8) is 0 Å². The van der Waals surface area contributed by atoms with Crippen LogP contribution in [0.25, 0.3) is 11.1 Å². The molecule has 0 spiro atoms. The largest absolute Gasteiger partial charge is 0.497 e. The van der Waals surface area contributed by atoms with Crippen molar-refractivity contribution < 1.29 is 9.53 Å². The van der Waals surface area contributed by atoms with Gasteiger partial charge in [0.2, 0.25) is 0 Å². The second-order valence-corrected chi connectivity index (χ2v) is 6.57. The summed E-state index contributed by atoms with van der Waals surface area (Å²) in [6, 6.07) is 9.86. The molecule has 1 amide bonds. The third kappa shape index (κ3) is 4.25. The molecule has 0 aliphatic rings. The highest BCUT2D eigenvalue weighted by Gasteiger charge is 2.20. The van der Waals surface area contributed by atoms with Crippen molar-refractivity contribution in [1.82, 2.24) is 4.90 Å². The predicted octanol–water partition coefficient (Wildman–Crippen LogP) is 3.57. The van der Waals surface area contributed by atoms with E-state index in [1.54, 1.807) is 19.1 Å².